The summed E-state index contributed by atoms with van der Waals surface area (Å²) in [5.41, 5.74) is 9.72. The predicted octanol–water partition coefficient (Wildman–Crippen LogP) is 3.65. The molecule has 0 spiro atoms. The van der Waals surface area contributed by atoms with E-state index in [4.69, 9.17) is 23.9 Å². The van der Waals surface area contributed by atoms with Gasteiger partial charge >= 0.3 is 0 Å². The van der Waals surface area contributed by atoms with Crippen LogP contribution >= 0.6 is 11.6 Å². The Morgan fingerprint density at radius 3 is 2.79 bits per heavy atom. The van der Waals surface area contributed by atoms with Gasteiger partial charge in [-0.2, -0.15) is 10.2 Å². The molecule has 0 saturated heterocycles. The van der Waals surface area contributed by atoms with Crippen LogP contribution in [0.4, 0.5) is 5.69 Å². The quantitative estimate of drug-likeness (QED) is 0.522. The molecule has 0 unspecified atom stereocenters. The highest BCUT2D eigenvalue weighted by Gasteiger charge is 2.18. The Bertz CT molecular complexity index is 1310. The molecular formula is C20H15ClN6O. The summed E-state index contributed by atoms with van der Waals surface area (Å²) >= 11 is 6.18. The van der Waals surface area contributed by atoms with Crippen LogP contribution in [0.15, 0.2) is 47.4 Å². The van der Waals surface area contributed by atoms with E-state index < -0.39 is 0 Å². The second-order valence-electron chi connectivity index (χ2n) is 6.27. The highest BCUT2D eigenvalue weighted by molar-refractivity contribution is 6.31. The number of hydrogen-bond acceptors (Lipinski definition) is 4. The lowest BCUT2D eigenvalue weighted by Crippen LogP contribution is -2.13. The van der Waals surface area contributed by atoms with Gasteiger partial charge in [0.05, 0.1) is 29.5 Å². The minimum absolute atomic E-state index is 0.201. The molecule has 4 rings (SSSR count). The van der Waals surface area contributed by atoms with Gasteiger partial charge < -0.3 is 5.73 Å². The van der Waals surface area contributed by atoms with E-state index in [9.17, 15) is 4.79 Å². The Morgan fingerprint density at radius 1 is 1.21 bits per heavy atom. The van der Waals surface area contributed by atoms with Crippen LogP contribution in [0.2, 0.25) is 5.02 Å². The molecule has 0 fully saturated rings. The normalized spacial score (nSPS) is 10.9. The number of nitrogens with two attached hydrogens (primary N) is 1. The molecule has 2 aromatic carbocycles. The van der Waals surface area contributed by atoms with Crippen molar-refractivity contribution in [1.82, 2.24) is 20.0 Å². The van der Waals surface area contributed by atoms with Gasteiger partial charge in [-0.1, -0.05) is 29.8 Å². The lowest BCUT2D eigenvalue weighted by Gasteiger charge is -2.11. The molecule has 0 aliphatic heterocycles. The van der Waals surface area contributed by atoms with Crippen LogP contribution < -0.4 is 11.3 Å². The van der Waals surface area contributed by atoms with E-state index >= 15 is 0 Å². The molecule has 0 bridgehead atoms. The number of fused-ring (bicyclic) bond motifs is 1. The van der Waals surface area contributed by atoms with Gasteiger partial charge in [0.2, 0.25) is 0 Å². The van der Waals surface area contributed by atoms with Crippen molar-refractivity contribution < 1.29 is 0 Å². The fourth-order valence-corrected chi connectivity index (χ4v) is 3.48. The highest BCUT2D eigenvalue weighted by Crippen LogP contribution is 2.39. The molecule has 2 aromatic heterocycles. The standard InChI is InChI=1S/C20H15ClN6O/c1-23-17-6-4-12(21)8-15(17)19-16(10-24-27(19)2)11-3-5-13-14(7-11)18(9-22)25-26-20(13)28/h3-8,10H,9,22H2,2H3,(H,26,28). The molecule has 4 aromatic rings. The van der Waals surface area contributed by atoms with Gasteiger partial charge in [-0.3, -0.25) is 9.48 Å². The van der Waals surface area contributed by atoms with Crippen LogP contribution in [0.5, 0.6) is 0 Å². The van der Waals surface area contributed by atoms with Crippen molar-refractivity contribution >= 4 is 28.1 Å². The van der Waals surface area contributed by atoms with Gasteiger partial charge in [0.25, 0.3) is 5.56 Å². The maximum absolute atomic E-state index is 12.1. The van der Waals surface area contributed by atoms with Crippen molar-refractivity contribution in [2.45, 2.75) is 6.54 Å². The number of H-pyrrole nitrogens is 1. The first kappa shape index (κ1) is 17.9. The average molecular weight is 391 g/mol. The molecular weight excluding hydrogens is 376 g/mol. The summed E-state index contributed by atoms with van der Waals surface area (Å²) in [7, 11) is 1.81. The van der Waals surface area contributed by atoms with E-state index in [1.807, 2.05) is 19.2 Å². The maximum atomic E-state index is 12.1. The third-order valence-electron chi connectivity index (χ3n) is 4.64. The van der Waals surface area contributed by atoms with E-state index in [-0.39, 0.29) is 12.1 Å². The predicted molar refractivity (Wildman–Crippen MR) is 109 cm³/mol. The number of rotatable bonds is 3. The first-order chi connectivity index (χ1) is 13.5. The zero-order valence-electron chi connectivity index (χ0n) is 14.9. The summed E-state index contributed by atoms with van der Waals surface area (Å²) in [6.45, 7) is 7.68. The minimum atomic E-state index is -0.268. The monoisotopic (exact) mass is 390 g/mol. The van der Waals surface area contributed by atoms with Crippen LogP contribution in [0.25, 0.3) is 38.0 Å². The topological polar surface area (TPSA) is 93.9 Å². The van der Waals surface area contributed by atoms with Crippen LogP contribution in [0, 0.1) is 6.57 Å². The number of aromatic nitrogens is 4. The van der Waals surface area contributed by atoms with E-state index in [0.717, 1.165) is 16.8 Å². The highest BCUT2D eigenvalue weighted by atomic mass is 35.5. The third kappa shape index (κ3) is 2.85. The van der Waals surface area contributed by atoms with Crippen molar-refractivity contribution in [3.8, 4) is 22.4 Å². The number of benzene rings is 2. The van der Waals surface area contributed by atoms with Gasteiger partial charge in [-0.05, 0) is 23.8 Å². The molecule has 138 valence electrons. The van der Waals surface area contributed by atoms with E-state index in [2.05, 4.69) is 20.1 Å². The van der Waals surface area contributed by atoms with Crippen LogP contribution in [-0.2, 0) is 13.6 Å². The van der Waals surface area contributed by atoms with E-state index in [1.165, 1.54) is 0 Å². The lowest BCUT2D eigenvalue weighted by atomic mass is 9.98. The molecule has 2 heterocycles. The smallest absolute Gasteiger partial charge is 0.272 e. The second-order valence-corrected chi connectivity index (χ2v) is 6.70. The van der Waals surface area contributed by atoms with Crippen molar-refractivity contribution in [3.63, 3.8) is 0 Å². The number of nitrogens with zero attached hydrogens (tertiary/aromatic N) is 4. The molecule has 0 saturated carbocycles. The molecule has 0 radical (unpaired) electrons. The SMILES string of the molecule is [C-]#[N+]c1ccc(Cl)cc1-c1c(-c2ccc3c(=O)[nH]nc(CN)c3c2)cnn1C. The van der Waals surface area contributed by atoms with Crippen LogP contribution in [0.3, 0.4) is 0 Å². The molecule has 0 aliphatic carbocycles. The van der Waals surface area contributed by atoms with Gasteiger partial charge in [0.15, 0.2) is 5.69 Å². The Morgan fingerprint density at radius 2 is 2.04 bits per heavy atom. The average Bonchev–Trinajstić information content (AvgIpc) is 3.09. The van der Waals surface area contributed by atoms with Crippen molar-refractivity contribution in [2.24, 2.45) is 12.8 Å². The summed E-state index contributed by atoms with van der Waals surface area (Å²) in [5.74, 6) is 0. The van der Waals surface area contributed by atoms with E-state index in [1.54, 1.807) is 35.1 Å². The van der Waals surface area contributed by atoms with Crippen LogP contribution in [0.1, 0.15) is 5.69 Å². The van der Waals surface area contributed by atoms with Crippen molar-refractivity contribution in [1.29, 1.82) is 0 Å². The number of nitrogens with one attached hydrogen (secondary N) is 1. The number of hydrogen-bond donors (Lipinski definition) is 2. The summed E-state index contributed by atoms with van der Waals surface area (Å²) in [5, 5.41) is 12.6. The number of aromatic amines is 1. The largest absolute Gasteiger partial charge is 0.325 e. The second kappa shape index (κ2) is 6.93. The number of halogens is 1. The number of aryl methyl sites for hydroxylation is 1. The van der Waals surface area contributed by atoms with Gasteiger partial charge in [-0.25, -0.2) is 9.94 Å². The third-order valence-corrected chi connectivity index (χ3v) is 4.88. The van der Waals surface area contributed by atoms with Crippen LogP contribution in [-0.4, -0.2) is 20.0 Å². The molecule has 3 N–H and O–H groups in total. The maximum Gasteiger partial charge on any atom is 0.272 e. The molecule has 7 nitrogen and oxygen atoms in total. The fourth-order valence-electron chi connectivity index (χ4n) is 3.31. The lowest BCUT2D eigenvalue weighted by molar-refractivity contribution is 0.776. The molecule has 0 aliphatic rings. The molecule has 0 amide bonds. The summed E-state index contributed by atoms with van der Waals surface area (Å²) in [4.78, 5) is 15.7. The molecule has 28 heavy (non-hydrogen) atoms. The van der Waals surface area contributed by atoms with Gasteiger partial charge in [0.1, 0.15) is 0 Å². The minimum Gasteiger partial charge on any atom is -0.325 e. The molecule has 0 atom stereocenters. The van der Waals surface area contributed by atoms with Crippen molar-refractivity contribution in [3.05, 3.63) is 75.1 Å². The summed E-state index contributed by atoms with van der Waals surface area (Å²) in [6, 6.07) is 10.6. The Hall–Kier alpha value is -3.47. The van der Waals surface area contributed by atoms with E-state index in [0.29, 0.717) is 32.7 Å². The van der Waals surface area contributed by atoms with Crippen molar-refractivity contribution in [2.75, 3.05) is 0 Å². The Balaban J connectivity index is 2.00. The first-order valence-electron chi connectivity index (χ1n) is 8.44. The first-order valence-corrected chi connectivity index (χ1v) is 8.82. The Labute approximate surface area is 165 Å². The zero-order chi connectivity index (χ0) is 19.8. The fraction of sp³-hybridized carbons (Fsp3) is 0.100. The molecule has 8 heteroatoms. The zero-order valence-corrected chi connectivity index (χ0v) is 15.7. The summed E-state index contributed by atoms with van der Waals surface area (Å²) < 4.78 is 1.71. The van der Waals surface area contributed by atoms with Gasteiger partial charge in [0, 0.05) is 35.1 Å². The Kier molecular flexibility index (Phi) is 4.43. The summed E-state index contributed by atoms with van der Waals surface area (Å²) in [6.07, 6.45) is 1.73. The van der Waals surface area contributed by atoms with Gasteiger partial charge in [-0.15, -0.1) is 0 Å².